The van der Waals surface area contributed by atoms with Gasteiger partial charge in [0.25, 0.3) is 0 Å². The Labute approximate surface area is 97.7 Å². The molecule has 0 aliphatic carbocycles. The molecule has 0 bridgehead atoms. The number of piperidine rings is 1. The van der Waals surface area contributed by atoms with Gasteiger partial charge in [-0.1, -0.05) is 0 Å². The number of carbonyl (C=O) groups excluding carboxylic acids is 1. The average molecular weight is 228 g/mol. The number of rotatable bonds is 4. The second kappa shape index (κ2) is 5.61. The van der Waals surface area contributed by atoms with Gasteiger partial charge in [0.15, 0.2) is 0 Å². The molecule has 16 heavy (non-hydrogen) atoms. The molecule has 0 atom stereocenters. The molecule has 0 unspecified atom stereocenters. The van der Waals surface area contributed by atoms with Crippen LogP contribution in [0.2, 0.25) is 0 Å². The van der Waals surface area contributed by atoms with Gasteiger partial charge in [0.1, 0.15) is 0 Å². The summed E-state index contributed by atoms with van der Waals surface area (Å²) in [5.41, 5.74) is 1.80. The number of hydrogen-bond acceptors (Lipinski definition) is 4. The van der Waals surface area contributed by atoms with Crippen molar-refractivity contribution < 1.29 is 4.79 Å². The molecule has 0 aromatic heterocycles. The monoisotopic (exact) mass is 228 g/mol. The Morgan fingerprint density at radius 2 is 2.06 bits per heavy atom. The number of nitrogens with one attached hydrogen (secondary N) is 2. The van der Waals surface area contributed by atoms with Crippen molar-refractivity contribution in [3.05, 3.63) is 0 Å². The highest BCUT2D eigenvalue weighted by Crippen LogP contribution is 2.20. The van der Waals surface area contributed by atoms with Crippen LogP contribution in [-0.2, 0) is 4.79 Å². The Bertz CT molecular complexity index is 236. The highest BCUT2D eigenvalue weighted by atomic mass is 16.2. The van der Waals surface area contributed by atoms with Crippen LogP contribution < -0.4 is 16.6 Å². The molecule has 1 aliphatic rings. The minimum atomic E-state index is -0.436. The molecule has 0 aromatic rings. The van der Waals surface area contributed by atoms with E-state index in [2.05, 4.69) is 22.7 Å². The number of hydrogen-bond donors (Lipinski definition) is 3. The summed E-state index contributed by atoms with van der Waals surface area (Å²) in [4.78, 5) is 13.9. The van der Waals surface area contributed by atoms with E-state index in [4.69, 9.17) is 5.84 Å². The van der Waals surface area contributed by atoms with E-state index in [0.29, 0.717) is 6.04 Å². The molecule has 1 aliphatic heterocycles. The van der Waals surface area contributed by atoms with Gasteiger partial charge in [-0.05, 0) is 46.8 Å². The lowest BCUT2D eigenvalue weighted by Gasteiger charge is -2.36. The lowest BCUT2D eigenvalue weighted by molar-refractivity contribution is -0.130. The van der Waals surface area contributed by atoms with Gasteiger partial charge >= 0.3 is 0 Å². The predicted molar refractivity (Wildman–Crippen MR) is 64.6 cm³/mol. The standard InChI is InChI=1S/C11H24N4O/c1-11(2,10(16)14-12)8-15(3)9-4-6-13-7-5-9/h9,13H,4-8,12H2,1-3H3,(H,14,16). The Morgan fingerprint density at radius 3 is 2.56 bits per heavy atom. The van der Waals surface area contributed by atoms with Crippen molar-refractivity contribution in [3.8, 4) is 0 Å². The predicted octanol–water partition coefficient (Wildman–Crippen LogP) is -0.314. The van der Waals surface area contributed by atoms with E-state index in [1.165, 1.54) is 0 Å². The first kappa shape index (κ1) is 13.4. The van der Waals surface area contributed by atoms with Gasteiger partial charge in [0.2, 0.25) is 5.91 Å². The zero-order valence-electron chi connectivity index (χ0n) is 10.5. The second-order valence-electron chi connectivity index (χ2n) is 5.25. The maximum absolute atomic E-state index is 11.6. The number of carbonyl (C=O) groups is 1. The molecule has 0 radical (unpaired) electrons. The first-order valence-corrected chi connectivity index (χ1v) is 5.89. The van der Waals surface area contributed by atoms with Gasteiger partial charge in [0.05, 0.1) is 5.41 Å². The largest absolute Gasteiger partial charge is 0.317 e. The Morgan fingerprint density at radius 1 is 1.50 bits per heavy atom. The van der Waals surface area contributed by atoms with Crippen molar-refractivity contribution in [2.45, 2.75) is 32.7 Å². The van der Waals surface area contributed by atoms with Crippen LogP contribution in [0.25, 0.3) is 0 Å². The summed E-state index contributed by atoms with van der Waals surface area (Å²) in [6, 6.07) is 0.575. The number of nitrogens with two attached hydrogens (primary N) is 1. The van der Waals surface area contributed by atoms with Crippen LogP contribution in [0, 0.1) is 5.41 Å². The molecule has 0 spiro atoms. The molecule has 1 rings (SSSR count). The number of hydrazine groups is 1. The quantitative estimate of drug-likeness (QED) is 0.350. The zero-order valence-corrected chi connectivity index (χ0v) is 10.5. The summed E-state index contributed by atoms with van der Waals surface area (Å²) in [6.45, 7) is 6.72. The van der Waals surface area contributed by atoms with E-state index in [-0.39, 0.29) is 5.91 Å². The van der Waals surface area contributed by atoms with Gasteiger partial charge in [-0.2, -0.15) is 0 Å². The molecule has 1 amide bonds. The number of amides is 1. The lowest BCUT2D eigenvalue weighted by Crippen LogP contribution is -2.50. The Kier molecular flexibility index (Phi) is 4.70. The first-order chi connectivity index (χ1) is 7.47. The van der Waals surface area contributed by atoms with Crippen LogP contribution >= 0.6 is 0 Å². The van der Waals surface area contributed by atoms with Crippen LogP contribution in [-0.4, -0.2) is 43.5 Å². The number of nitrogens with zero attached hydrogens (tertiary/aromatic N) is 1. The first-order valence-electron chi connectivity index (χ1n) is 5.89. The van der Waals surface area contributed by atoms with Gasteiger partial charge in [-0.3, -0.25) is 10.2 Å². The van der Waals surface area contributed by atoms with Gasteiger partial charge in [-0.15, -0.1) is 0 Å². The van der Waals surface area contributed by atoms with Gasteiger partial charge < -0.3 is 10.2 Å². The second-order valence-corrected chi connectivity index (χ2v) is 5.25. The SMILES string of the molecule is CN(CC(C)(C)C(=O)NN)C1CCNCC1. The van der Waals surface area contributed by atoms with Crippen molar-refractivity contribution in [1.82, 2.24) is 15.6 Å². The zero-order chi connectivity index (χ0) is 12.2. The fourth-order valence-corrected chi connectivity index (χ4v) is 2.27. The van der Waals surface area contributed by atoms with E-state index >= 15 is 0 Å². The summed E-state index contributed by atoms with van der Waals surface area (Å²) >= 11 is 0. The van der Waals surface area contributed by atoms with Crippen molar-refractivity contribution in [2.75, 3.05) is 26.7 Å². The van der Waals surface area contributed by atoms with Crippen LogP contribution in [0.15, 0.2) is 0 Å². The maximum Gasteiger partial charge on any atom is 0.240 e. The van der Waals surface area contributed by atoms with Crippen LogP contribution in [0.5, 0.6) is 0 Å². The van der Waals surface area contributed by atoms with E-state index in [0.717, 1.165) is 32.5 Å². The molecule has 5 heteroatoms. The third-order valence-electron chi connectivity index (χ3n) is 3.32. The van der Waals surface area contributed by atoms with Crippen molar-refractivity contribution >= 4 is 5.91 Å². The van der Waals surface area contributed by atoms with Crippen LogP contribution in [0.1, 0.15) is 26.7 Å². The maximum atomic E-state index is 11.6. The van der Waals surface area contributed by atoms with Crippen LogP contribution in [0.4, 0.5) is 0 Å². The smallest absolute Gasteiger partial charge is 0.240 e. The fourth-order valence-electron chi connectivity index (χ4n) is 2.27. The summed E-state index contributed by atoms with van der Waals surface area (Å²) in [6.07, 6.45) is 2.30. The van der Waals surface area contributed by atoms with Crippen molar-refractivity contribution in [2.24, 2.45) is 11.3 Å². The molecular weight excluding hydrogens is 204 g/mol. The van der Waals surface area contributed by atoms with Crippen LogP contribution in [0.3, 0.4) is 0 Å². The van der Waals surface area contributed by atoms with E-state index in [9.17, 15) is 4.79 Å². The molecule has 5 nitrogen and oxygen atoms in total. The van der Waals surface area contributed by atoms with E-state index in [1.807, 2.05) is 13.8 Å². The summed E-state index contributed by atoms with van der Waals surface area (Å²) in [5, 5.41) is 3.34. The third-order valence-corrected chi connectivity index (χ3v) is 3.32. The highest BCUT2D eigenvalue weighted by molar-refractivity contribution is 5.81. The summed E-state index contributed by atoms with van der Waals surface area (Å²) < 4.78 is 0. The highest BCUT2D eigenvalue weighted by Gasteiger charge is 2.30. The molecule has 0 saturated carbocycles. The van der Waals surface area contributed by atoms with Crippen molar-refractivity contribution in [1.29, 1.82) is 0 Å². The minimum absolute atomic E-state index is 0.103. The molecule has 94 valence electrons. The molecule has 0 aromatic carbocycles. The molecule has 1 saturated heterocycles. The molecule has 1 fully saturated rings. The average Bonchev–Trinajstić information content (AvgIpc) is 2.28. The minimum Gasteiger partial charge on any atom is -0.317 e. The fraction of sp³-hybridized carbons (Fsp3) is 0.909. The molecular formula is C11H24N4O. The molecule has 1 heterocycles. The summed E-state index contributed by atoms with van der Waals surface area (Å²) in [5.74, 6) is 5.08. The normalized spacial score (nSPS) is 18.8. The van der Waals surface area contributed by atoms with Gasteiger partial charge in [-0.25, -0.2) is 5.84 Å². The molecule has 4 N–H and O–H groups in total. The summed E-state index contributed by atoms with van der Waals surface area (Å²) in [7, 11) is 2.08. The lowest BCUT2D eigenvalue weighted by atomic mass is 9.90. The Balaban J connectivity index is 2.48. The third kappa shape index (κ3) is 3.43. The van der Waals surface area contributed by atoms with Gasteiger partial charge in [0, 0.05) is 12.6 Å². The Hall–Kier alpha value is -0.650. The van der Waals surface area contributed by atoms with E-state index in [1.54, 1.807) is 0 Å². The topological polar surface area (TPSA) is 70.4 Å². The van der Waals surface area contributed by atoms with E-state index < -0.39 is 5.41 Å². The van der Waals surface area contributed by atoms with Crippen molar-refractivity contribution in [3.63, 3.8) is 0 Å².